The van der Waals surface area contributed by atoms with Crippen molar-refractivity contribution in [3.8, 4) is 0 Å². The molecule has 0 saturated carbocycles. The zero-order valence-electron chi connectivity index (χ0n) is 12.1. The molecule has 1 aromatic rings. The first-order chi connectivity index (χ1) is 10.6. The van der Waals surface area contributed by atoms with Crippen LogP contribution in [0.4, 0.5) is 10.5 Å². The van der Waals surface area contributed by atoms with Crippen LogP contribution < -0.4 is 10.6 Å². The molecule has 1 rings (SSSR count). The Bertz CT molecular complexity index is 532. The number of carbonyl (C=O) groups excluding carboxylic acids is 3. The summed E-state index contributed by atoms with van der Waals surface area (Å²) < 4.78 is 9.35. The molecule has 0 aromatic heterocycles. The lowest BCUT2D eigenvalue weighted by molar-refractivity contribution is -0.123. The molecule has 0 fully saturated rings. The van der Waals surface area contributed by atoms with E-state index in [2.05, 4.69) is 10.1 Å². The van der Waals surface area contributed by atoms with Gasteiger partial charge in [0.15, 0.2) is 6.61 Å². The molecule has 0 radical (unpaired) electrons. The number of rotatable bonds is 7. The van der Waals surface area contributed by atoms with Crippen LogP contribution in [0.2, 0.25) is 0 Å². The van der Waals surface area contributed by atoms with Crippen LogP contribution in [-0.4, -0.2) is 49.4 Å². The van der Waals surface area contributed by atoms with E-state index in [1.165, 1.54) is 6.07 Å². The van der Waals surface area contributed by atoms with Crippen molar-refractivity contribution < 1.29 is 29.0 Å². The molecule has 0 aliphatic carbocycles. The van der Waals surface area contributed by atoms with E-state index in [-0.39, 0.29) is 25.3 Å². The lowest BCUT2D eigenvalue weighted by Gasteiger charge is -2.10. The molecule has 2 amide bonds. The molecule has 3 N–H and O–H groups in total. The van der Waals surface area contributed by atoms with Gasteiger partial charge < -0.3 is 19.9 Å². The molecule has 0 unspecified atom stereocenters. The number of aliphatic hydroxyl groups excluding tert-OH is 1. The number of imide groups is 1. The molecular formula is C14H18N2O6. The van der Waals surface area contributed by atoms with Crippen LogP contribution in [0.15, 0.2) is 24.3 Å². The highest BCUT2D eigenvalue weighted by Crippen LogP contribution is 2.15. The minimum Gasteiger partial charge on any atom is -0.452 e. The molecule has 8 nitrogen and oxygen atoms in total. The molecule has 0 aliphatic rings. The van der Waals surface area contributed by atoms with E-state index in [1.807, 2.05) is 5.32 Å². The van der Waals surface area contributed by atoms with E-state index in [4.69, 9.17) is 9.84 Å². The number of ether oxygens (including phenoxy) is 2. The largest absolute Gasteiger partial charge is 0.452 e. The van der Waals surface area contributed by atoms with Crippen LogP contribution in [-0.2, 0) is 14.3 Å². The third-order valence-corrected chi connectivity index (χ3v) is 2.43. The van der Waals surface area contributed by atoms with Gasteiger partial charge in [0.1, 0.15) is 0 Å². The number of anilines is 1. The number of esters is 1. The number of alkyl carbamates (subject to hydrolysis) is 1. The zero-order valence-corrected chi connectivity index (χ0v) is 12.1. The zero-order chi connectivity index (χ0) is 16.4. The maximum absolute atomic E-state index is 11.9. The van der Waals surface area contributed by atoms with Crippen molar-refractivity contribution in [1.82, 2.24) is 5.32 Å². The van der Waals surface area contributed by atoms with E-state index < -0.39 is 24.6 Å². The van der Waals surface area contributed by atoms with Crippen LogP contribution >= 0.6 is 0 Å². The first-order valence-electron chi connectivity index (χ1n) is 6.66. The van der Waals surface area contributed by atoms with Crippen molar-refractivity contribution in [2.45, 2.75) is 6.92 Å². The summed E-state index contributed by atoms with van der Waals surface area (Å²) in [6.45, 7) is 1.30. The first kappa shape index (κ1) is 17.4. The van der Waals surface area contributed by atoms with E-state index in [9.17, 15) is 14.4 Å². The summed E-state index contributed by atoms with van der Waals surface area (Å²) in [6.07, 6.45) is -0.895. The van der Waals surface area contributed by atoms with Gasteiger partial charge in [0.2, 0.25) is 0 Å². The fraction of sp³-hybridized carbons (Fsp3) is 0.357. The molecule has 120 valence electrons. The molecule has 0 atom stereocenters. The summed E-state index contributed by atoms with van der Waals surface area (Å²) in [4.78, 5) is 34.3. The third-order valence-electron chi connectivity index (χ3n) is 2.43. The van der Waals surface area contributed by atoms with Gasteiger partial charge in [0.05, 0.1) is 18.8 Å². The lowest BCUT2D eigenvalue weighted by Crippen LogP contribution is -2.34. The maximum atomic E-state index is 11.9. The molecule has 22 heavy (non-hydrogen) atoms. The highest BCUT2D eigenvalue weighted by molar-refractivity contribution is 5.98. The van der Waals surface area contributed by atoms with Gasteiger partial charge in [0.25, 0.3) is 5.91 Å². The second kappa shape index (κ2) is 9.35. The SMILES string of the molecule is CCOC(=O)NC(=O)COC(=O)c1ccccc1NCCO. The molecule has 1 aromatic carbocycles. The Morgan fingerprint density at radius 1 is 1.18 bits per heavy atom. The highest BCUT2D eigenvalue weighted by atomic mass is 16.6. The Kier molecular flexibility index (Phi) is 7.41. The van der Waals surface area contributed by atoms with E-state index in [1.54, 1.807) is 25.1 Å². The topological polar surface area (TPSA) is 114 Å². The number of nitrogens with one attached hydrogen (secondary N) is 2. The fourth-order valence-electron chi connectivity index (χ4n) is 1.53. The molecular weight excluding hydrogens is 292 g/mol. The summed E-state index contributed by atoms with van der Waals surface area (Å²) in [5.41, 5.74) is 0.701. The smallest absolute Gasteiger partial charge is 0.413 e. The summed E-state index contributed by atoms with van der Waals surface area (Å²) in [6, 6.07) is 6.51. The Morgan fingerprint density at radius 3 is 2.59 bits per heavy atom. The first-order valence-corrected chi connectivity index (χ1v) is 6.66. The normalized spacial score (nSPS) is 9.73. The van der Waals surface area contributed by atoms with Gasteiger partial charge in [-0.25, -0.2) is 9.59 Å². The Balaban J connectivity index is 2.55. The maximum Gasteiger partial charge on any atom is 0.413 e. The molecule has 8 heteroatoms. The average molecular weight is 310 g/mol. The Morgan fingerprint density at radius 2 is 1.91 bits per heavy atom. The van der Waals surface area contributed by atoms with Crippen LogP contribution in [0.3, 0.4) is 0 Å². The number of carbonyl (C=O) groups is 3. The van der Waals surface area contributed by atoms with Gasteiger partial charge in [-0.1, -0.05) is 12.1 Å². The lowest BCUT2D eigenvalue weighted by atomic mass is 10.2. The van der Waals surface area contributed by atoms with E-state index >= 15 is 0 Å². The van der Waals surface area contributed by atoms with Gasteiger partial charge >= 0.3 is 12.1 Å². The second-order valence-corrected chi connectivity index (χ2v) is 4.04. The summed E-state index contributed by atoms with van der Waals surface area (Å²) in [7, 11) is 0. The van der Waals surface area contributed by atoms with Crippen molar-refractivity contribution in [3.05, 3.63) is 29.8 Å². The Hall–Kier alpha value is -2.61. The van der Waals surface area contributed by atoms with Crippen LogP contribution in [0.1, 0.15) is 17.3 Å². The number of hydrogen-bond acceptors (Lipinski definition) is 7. The summed E-state index contributed by atoms with van der Waals surface area (Å²) in [5, 5.41) is 13.6. The minimum absolute atomic E-state index is 0.0919. The summed E-state index contributed by atoms with van der Waals surface area (Å²) in [5.74, 6) is -1.51. The minimum atomic E-state index is -0.895. The average Bonchev–Trinajstić information content (AvgIpc) is 2.51. The number of amides is 2. The number of benzene rings is 1. The number of para-hydroxylation sites is 1. The van der Waals surface area contributed by atoms with Crippen molar-refractivity contribution in [1.29, 1.82) is 0 Å². The van der Waals surface area contributed by atoms with Gasteiger partial charge in [-0.2, -0.15) is 0 Å². The van der Waals surface area contributed by atoms with Gasteiger partial charge in [-0.15, -0.1) is 0 Å². The Labute approximate surface area is 127 Å². The predicted molar refractivity (Wildman–Crippen MR) is 77.5 cm³/mol. The van der Waals surface area contributed by atoms with Crippen LogP contribution in [0, 0.1) is 0 Å². The molecule has 0 aliphatic heterocycles. The van der Waals surface area contributed by atoms with Crippen molar-refractivity contribution in [2.24, 2.45) is 0 Å². The van der Waals surface area contributed by atoms with Gasteiger partial charge in [-0.3, -0.25) is 10.1 Å². The van der Waals surface area contributed by atoms with Gasteiger partial charge in [0, 0.05) is 12.2 Å². The second-order valence-electron chi connectivity index (χ2n) is 4.04. The molecule has 0 saturated heterocycles. The number of hydrogen-bond donors (Lipinski definition) is 3. The van der Waals surface area contributed by atoms with Crippen molar-refractivity contribution in [3.63, 3.8) is 0 Å². The highest BCUT2D eigenvalue weighted by Gasteiger charge is 2.15. The summed E-state index contributed by atoms with van der Waals surface area (Å²) >= 11 is 0. The molecule has 0 bridgehead atoms. The third kappa shape index (κ3) is 5.80. The quantitative estimate of drug-likeness (QED) is 0.629. The standard InChI is InChI=1S/C14H18N2O6/c1-2-21-14(20)16-12(18)9-22-13(19)10-5-3-4-6-11(10)15-7-8-17/h3-6,15,17H,2,7-9H2,1H3,(H,16,18,20). The number of aliphatic hydroxyl groups is 1. The van der Waals surface area contributed by atoms with E-state index in [0.717, 1.165) is 0 Å². The van der Waals surface area contributed by atoms with Crippen LogP contribution in [0.5, 0.6) is 0 Å². The fourth-order valence-corrected chi connectivity index (χ4v) is 1.53. The van der Waals surface area contributed by atoms with E-state index in [0.29, 0.717) is 5.69 Å². The molecule has 0 heterocycles. The van der Waals surface area contributed by atoms with Crippen LogP contribution in [0.25, 0.3) is 0 Å². The van der Waals surface area contributed by atoms with Crippen molar-refractivity contribution >= 4 is 23.7 Å². The van der Waals surface area contributed by atoms with Gasteiger partial charge in [-0.05, 0) is 19.1 Å². The predicted octanol–water partition coefficient (Wildman–Crippen LogP) is 0.520. The molecule has 0 spiro atoms. The van der Waals surface area contributed by atoms with Crippen molar-refractivity contribution in [2.75, 3.05) is 31.7 Å². The monoisotopic (exact) mass is 310 g/mol.